The summed E-state index contributed by atoms with van der Waals surface area (Å²) in [5, 5.41) is 1.42. The summed E-state index contributed by atoms with van der Waals surface area (Å²) in [5.41, 5.74) is 4.80. The van der Waals surface area contributed by atoms with E-state index < -0.39 is 0 Å². The van der Waals surface area contributed by atoms with Crippen LogP contribution in [0.5, 0.6) is 0 Å². The molecule has 0 amide bonds. The van der Waals surface area contributed by atoms with Gasteiger partial charge in [-0.15, -0.1) is 0 Å². The quantitative estimate of drug-likeness (QED) is 0.238. The molecule has 7 nitrogen and oxygen atoms in total. The number of fused-ring (bicyclic) bond motifs is 2. The van der Waals surface area contributed by atoms with Crippen molar-refractivity contribution >= 4 is 55.3 Å². The zero-order valence-electron chi connectivity index (χ0n) is 16.8. The van der Waals surface area contributed by atoms with Gasteiger partial charge < -0.3 is 0 Å². The van der Waals surface area contributed by atoms with Crippen LogP contribution < -0.4 is 10.2 Å². The van der Waals surface area contributed by atoms with Gasteiger partial charge in [-0.1, -0.05) is 0 Å². The van der Waals surface area contributed by atoms with E-state index in [-0.39, 0.29) is 5.56 Å². The number of imidazole rings is 1. The number of hydrogen-bond acceptors (Lipinski definition) is 6. The predicted molar refractivity (Wildman–Crippen MR) is 123 cm³/mol. The van der Waals surface area contributed by atoms with Crippen molar-refractivity contribution in [1.29, 1.82) is 0 Å². The van der Waals surface area contributed by atoms with Crippen LogP contribution in [-0.2, 0) is 5.75 Å². The Balaban J connectivity index is 1.69. The summed E-state index contributed by atoms with van der Waals surface area (Å²) in [6.45, 7) is 3.94. The second-order valence-corrected chi connectivity index (χ2v) is 8.95. The van der Waals surface area contributed by atoms with Gasteiger partial charge in [0.05, 0.1) is 0 Å². The minimum absolute atomic E-state index is 0.0600. The molecule has 5 aromatic rings. The van der Waals surface area contributed by atoms with Crippen LogP contribution in [0.4, 0.5) is 0 Å². The molecular formula is C22H17AsN6OS. The van der Waals surface area contributed by atoms with Crippen molar-refractivity contribution in [3.63, 3.8) is 0 Å². The average Bonchev–Trinajstić information content (AvgIpc) is 3.21. The van der Waals surface area contributed by atoms with E-state index in [1.54, 1.807) is 10.9 Å². The van der Waals surface area contributed by atoms with Gasteiger partial charge in [-0.2, -0.15) is 0 Å². The number of hydrogen-bond donors (Lipinski definition) is 1. The van der Waals surface area contributed by atoms with Crippen molar-refractivity contribution in [2.24, 2.45) is 0 Å². The van der Waals surface area contributed by atoms with Crippen LogP contribution in [0.25, 0.3) is 27.8 Å². The standard InChI is InChI=1S/C22H17AsN6OS/c1-12-6-3-4-9-15(12)29-16(26-14-8-5-7-13(2)17(14)21(29)30)10-31-20-18-19(25-11-24-18)27-22(23)28-20/h3-9,11H,10H2,1-2H3,(H,24,25,27,28). The Kier molecular flexibility index (Phi) is 5.12. The van der Waals surface area contributed by atoms with E-state index in [9.17, 15) is 4.79 Å². The normalized spacial score (nSPS) is 11.5. The maximum absolute atomic E-state index is 13.6. The Hall–Kier alpha value is -2.96. The average molecular weight is 488 g/mol. The van der Waals surface area contributed by atoms with Crippen LogP contribution in [0, 0.1) is 13.8 Å². The molecule has 0 aliphatic heterocycles. The molecule has 152 valence electrons. The second kappa shape index (κ2) is 7.94. The Morgan fingerprint density at radius 2 is 1.84 bits per heavy atom. The van der Waals surface area contributed by atoms with Crippen molar-refractivity contribution in [2.75, 3.05) is 0 Å². The fourth-order valence-electron chi connectivity index (χ4n) is 3.63. The van der Waals surface area contributed by atoms with Gasteiger partial charge in [0.2, 0.25) is 0 Å². The predicted octanol–water partition coefficient (Wildman–Crippen LogP) is 2.75. The summed E-state index contributed by atoms with van der Waals surface area (Å²) in [4.78, 5) is 34.7. The van der Waals surface area contributed by atoms with Gasteiger partial charge in [-0.3, -0.25) is 0 Å². The number of benzene rings is 2. The van der Waals surface area contributed by atoms with Crippen LogP contribution >= 0.6 is 11.8 Å². The Bertz CT molecular complexity index is 1510. The first-order valence-corrected chi connectivity index (χ1v) is 11.6. The molecule has 2 aromatic carbocycles. The molecule has 9 heteroatoms. The van der Waals surface area contributed by atoms with E-state index in [4.69, 9.17) is 4.98 Å². The molecule has 0 saturated heterocycles. The SMILES string of the molecule is Cc1ccccc1-n1c(CSc2nc([As])nc3nc[nH]c23)nc2cccc(C)c2c1=O. The summed E-state index contributed by atoms with van der Waals surface area (Å²) in [5.74, 6) is 1.13. The number of H-pyrrole nitrogens is 1. The van der Waals surface area contributed by atoms with Gasteiger partial charge in [0.1, 0.15) is 0 Å². The first-order chi connectivity index (χ1) is 15.0. The summed E-state index contributed by atoms with van der Waals surface area (Å²) in [6, 6.07) is 13.6. The van der Waals surface area contributed by atoms with Crippen LogP contribution in [-0.4, -0.2) is 46.3 Å². The summed E-state index contributed by atoms with van der Waals surface area (Å²) < 4.78 is 2.32. The van der Waals surface area contributed by atoms with E-state index >= 15 is 0 Å². The van der Waals surface area contributed by atoms with Crippen LogP contribution in [0.15, 0.2) is 58.6 Å². The molecule has 0 aliphatic rings. The molecule has 0 bridgehead atoms. The molecule has 0 saturated carbocycles. The van der Waals surface area contributed by atoms with Crippen molar-refractivity contribution < 1.29 is 0 Å². The molecule has 5 rings (SSSR count). The summed E-state index contributed by atoms with van der Waals surface area (Å²) in [6.07, 6.45) is 1.61. The number of aryl methyl sites for hydroxylation is 2. The minimum atomic E-state index is -0.0600. The third-order valence-corrected chi connectivity index (χ3v) is 6.50. The monoisotopic (exact) mass is 488 g/mol. The number of aromatic amines is 1. The molecule has 0 spiro atoms. The molecule has 0 aliphatic carbocycles. The number of nitrogens with one attached hydrogen (secondary N) is 1. The van der Waals surface area contributed by atoms with E-state index in [1.807, 2.05) is 56.3 Å². The zero-order valence-corrected chi connectivity index (χ0v) is 19.5. The van der Waals surface area contributed by atoms with E-state index in [0.717, 1.165) is 27.4 Å². The molecular weight excluding hydrogens is 471 g/mol. The summed E-state index contributed by atoms with van der Waals surface area (Å²) >= 11 is 3.85. The molecule has 0 fully saturated rings. The van der Waals surface area contributed by atoms with Crippen molar-refractivity contribution in [1.82, 2.24) is 29.5 Å². The van der Waals surface area contributed by atoms with Crippen molar-refractivity contribution in [3.8, 4) is 5.69 Å². The first kappa shape index (κ1) is 20.0. The molecule has 31 heavy (non-hydrogen) atoms. The third-order valence-electron chi connectivity index (χ3n) is 5.11. The van der Waals surface area contributed by atoms with Crippen LogP contribution in [0.3, 0.4) is 0 Å². The van der Waals surface area contributed by atoms with Crippen molar-refractivity contribution in [3.05, 3.63) is 76.1 Å². The maximum atomic E-state index is 13.6. The van der Waals surface area contributed by atoms with Crippen LogP contribution in [0.1, 0.15) is 17.0 Å². The molecule has 0 unspecified atom stereocenters. The van der Waals surface area contributed by atoms with Gasteiger partial charge in [-0.05, 0) is 0 Å². The number of thioether (sulfide) groups is 1. The van der Waals surface area contributed by atoms with E-state index in [0.29, 0.717) is 32.7 Å². The Morgan fingerprint density at radius 1 is 1.03 bits per heavy atom. The number of rotatable bonds is 4. The van der Waals surface area contributed by atoms with Gasteiger partial charge in [-0.25, -0.2) is 0 Å². The summed E-state index contributed by atoms with van der Waals surface area (Å²) in [7, 11) is 0. The third kappa shape index (κ3) is 3.56. The van der Waals surface area contributed by atoms with Gasteiger partial charge in [0, 0.05) is 0 Å². The fraction of sp³-hybridized carbons (Fsp3) is 0.136. The number of nitrogens with zero attached hydrogens (tertiary/aromatic N) is 5. The van der Waals surface area contributed by atoms with E-state index in [2.05, 4.69) is 36.8 Å². The number of para-hydroxylation sites is 1. The Labute approximate surface area is 190 Å². The molecule has 0 atom stereocenters. The van der Waals surface area contributed by atoms with E-state index in [1.165, 1.54) is 11.8 Å². The van der Waals surface area contributed by atoms with Crippen molar-refractivity contribution in [2.45, 2.75) is 24.6 Å². The molecule has 2 radical (unpaired) electrons. The topological polar surface area (TPSA) is 89.3 Å². The number of aromatic nitrogens is 6. The van der Waals surface area contributed by atoms with Gasteiger partial charge in [0.15, 0.2) is 0 Å². The fourth-order valence-corrected chi connectivity index (χ4v) is 5.10. The Morgan fingerprint density at radius 3 is 2.68 bits per heavy atom. The van der Waals surface area contributed by atoms with Gasteiger partial charge in [0.25, 0.3) is 0 Å². The van der Waals surface area contributed by atoms with Crippen LogP contribution in [0.2, 0.25) is 0 Å². The molecule has 3 heterocycles. The molecule has 1 N–H and O–H groups in total. The van der Waals surface area contributed by atoms with Gasteiger partial charge >= 0.3 is 191 Å². The zero-order chi connectivity index (χ0) is 21.5. The second-order valence-electron chi connectivity index (χ2n) is 7.14. The molecule has 3 aromatic heterocycles. The first-order valence-electron chi connectivity index (χ1n) is 9.63.